The van der Waals surface area contributed by atoms with E-state index < -0.39 is 30.5 Å². The number of anilines is 1. The van der Waals surface area contributed by atoms with E-state index in [4.69, 9.17) is 0 Å². The van der Waals surface area contributed by atoms with Crippen molar-refractivity contribution >= 4 is 17.6 Å². The Morgan fingerprint density at radius 1 is 1.18 bits per heavy atom. The molecule has 1 unspecified atom stereocenters. The van der Waals surface area contributed by atoms with Crippen LogP contribution in [-0.2, 0) is 16.1 Å². The fraction of sp³-hybridized carbons (Fsp3) is 0.632. The van der Waals surface area contributed by atoms with Crippen molar-refractivity contribution in [2.75, 3.05) is 31.1 Å². The van der Waals surface area contributed by atoms with Gasteiger partial charge < -0.3 is 15.1 Å². The van der Waals surface area contributed by atoms with E-state index in [2.05, 4.69) is 15.2 Å². The fourth-order valence-corrected chi connectivity index (χ4v) is 3.66. The summed E-state index contributed by atoms with van der Waals surface area (Å²) in [7, 11) is 0. The summed E-state index contributed by atoms with van der Waals surface area (Å²) in [6.45, 7) is 0.713. The van der Waals surface area contributed by atoms with Gasteiger partial charge in [-0.15, -0.1) is 0 Å². The Hall–Kier alpha value is -2.32. The Balaban J connectivity index is 1.48. The molecule has 2 aliphatic heterocycles. The lowest BCUT2D eigenvalue weighted by Gasteiger charge is -2.21. The number of rotatable bonds is 5. The summed E-state index contributed by atoms with van der Waals surface area (Å²) in [5, 5.41) is 2.70. The first-order valence-electron chi connectivity index (χ1n) is 9.64. The zero-order chi connectivity index (χ0) is 20.1. The number of halogens is 3. The topological polar surface area (TPSA) is 65.5 Å². The van der Waals surface area contributed by atoms with E-state index in [0.29, 0.717) is 4.90 Å². The maximum atomic E-state index is 12.5. The zero-order valence-electron chi connectivity index (χ0n) is 15.7. The lowest BCUT2D eigenvalue weighted by Crippen LogP contribution is -2.37. The Morgan fingerprint density at radius 3 is 2.50 bits per heavy atom. The van der Waals surface area contributed by atoms with Crippen LogP contribution in [0.15, 0.2) is 18.3 Å². The molecule has 0 aliphatic carbocycles. The van der Waals surface area contributed by atoms with E-state index >= 15 is 0 Å². The molecule has 9 heteroatoms. The summed E-state index contributed by atoms with van der Waals surface area (Å²) in [6.07, 6.45) is 1.86. The van der Waals surface area contributed by atoms with Crippen molar-refractivity contribution in [1.29, 1.82) is 0 Å². The highest BCUT2D eigenvalue weighted by Gasteiger charge is 2.40. The largest absolute Gasteiger partial charge is 0.406 e. The highest BCUT2D eigenvalue weighted by atomic mass is 19.4. The van der Waals surface area contributed by atoms with Crippen LogP contribution in [-0.4, -0.2) is 54.1 Å². The third-order valence-electron chi connectivity index (χ3n) is 5.16. The molecule has 1 aromatic rings. The molecule has 6 nitrogen and oxygen atoms in total. The maximum absolute atomic E-state index is 12.5. The number of nitrogens with one attached hydrogen (secondary N) is 1. The first-order valence-corrected chi connectivity index (χ1v) is 9.64. The standard InChI is InChI=1S/C19H25F3N4O2/c20-19(21,22)13-26-12-15(9-17(26)27)18(28)24-11-14-5-6-16(23-10-14)25-7-3-1-2-4-8-25/h5-6,10,15H,1-4,7-9,11-13H2,(H,24,28). The molecule has 154 valence electrons. The van der Waals surface area contributed by atoms with Crippen LogP contribution >= 0.6 is 0 Å². The monoisotopic (exact) mass is 398 g/mol. The van der Waals surface area contributed by atoms with E-state index in [1.807, 2.05) is 12.1 Å². The number of carbonyl (C=O) groups excluding carboxylic acids is 2. The Morgan fingerprint density at radius 2 is 1.89 bits per heavy atom. The van der Waals surface area contributed by atoms with Crippen molar-refractivity contribution in [2.24, 2.45) is 5.92 Å². The molecule has 2 aliphatic rings. The fourth-order valence-electron chi connectivity index (χ4n) is 3.66. The summed E-state index contributed by atoms with van der Waals surface area (Å²) < 4.78 is 37.4. The van der Waals surface area contributed by atoms with Crippen LogP contribution in [0.5, 0.6) is 0 Å². The number of hydrogen-bond donors (Lipinski definition) is 1. The number of aromatic nitrogens is 1. The smallest absolute Gasteiger partial charge is 0.357 e. The van der Waals surface area contributed by atoms with Gasteiger partial charge in [-0.3, -0.25) is 9.59 Å². The highest BCUT2D eigenvalue weighted by Crippen LogP contribution is 2.24. The van der Waals surface area contributed by atoms with Gasteiger partial charge in [0.15, 0.2) is 0 Å². The molecule has 3 rings (SSSR count). The predicted molar refractivity (Wildman–Crippen MR) is 97.5 cm³/mol. The van der Waals surface area contributed by atoms with Crippen molar-refractivity contribution in [2.45, 2.75) is 44.8 Å². The van der Waals surface area contributed by atoms with Gasteiger partial charge in [0.1, 0.15) is 12.4 Å². The number of likely N-dealkylation sites (tertiary alicyclic amines) is 1. The van der Waals surface area contributed by atoms with Crippen LogP contribution in [0.25, 0.3) is 0 Å². The van der Waals surface area contributed by atoms with Crippen LogP contribution in [0.4, 0.5) is 19.0 Å². The normalized spacial score (nSPS) is 21.0. The minimum atomic E-state index is -4.46. The molecule has 3 heterocycles. The van der Waals surface area contributed by atoms with Gasteiger partial charge >= 0.3 is 6.18 Å². The molecule has 0 bridgehead atoms. The number of hydrogen-bond acceptors (Lipinski definition) is 4. The second-order valence-corrected chi connectivity index (χ2v) is 7.43. The predicted octanol–water partition coefficient (Wildman–Crippen LogP) is 2.49. The average molecular weight is 398 g/mol. The van der Waals surface area contributed by atoms with Gasteiger partial charge in [0.25, 0.3) is 0 Å². The van der Waals surface area contributed by atoms with Gasteiger partial charge in [-0.2, -0.15) is 13.2 Å². The lowest BCUT2D eigenvalue weighted by atomic mass is 10.1. The zero-order valence-corrected chi connectivity index (χ0v) is 15.7. The van der Waals surface area contributed by atoms with E-state index in [9.17, 15) is 22.8 Å². The summed E-state index contributed by atoms with van der Waals surface area (Å²) >= 11 is 0. The van der Waals surface area contributed by atoms with Crippen LogP contribution in [0, 0.1) is 5.92 Å². The Bertz CT molecular complexity index is 685. The molecule has 1 N–H and O–H groups in total. The van der Waals surface area contributed by atoms with Gasteiger partial charge in [0.2, 0.25) is 11.8 Å². The van der Waals surface area contributed by atoms with E-state index in [1.54, 1.807) is 6.20 Å². The number of nitrogens with zero attached hydrogens (tertiary/aromatic N) is 3. The SMILES string of the molecule is O=C(NCc1ccc(N2CCCCCC2)nc1)C1CC(=O)N(CC(F)(F)F)C1. The lowest BCUT2D eigenvalue weighted by molar-refractivity contribution is -0.157. The molecule has 2 amide bonds. The molecule has 2 fully saturated rings. The van der Waals surface area contributed by atoms with E-state index in [0.717, 1.165) is 37.3 Å². The van der Waals surface area contributed by atoms with Crippen molar-refractivity contribution in [3.05, 3.63) is 23.9 Å². The van der Waals surface area contributed by atoms with Crippen LogP contribution < -0.4 is 10.2 Å². The molecule has 0 saturated carbocycles. The summed E-state index contributed by atoms with van der Waals surface area (Å²) in [4.78, 5) is 31.3. The number of pyridine rings is 1. The maximum Gasteiger partial charge on any atom is 0.406 e. The van der Waals surface area contributed by atoms with Crippen molar-refractivity contribution in [3.8, 4) is 0 Å². The molecule has 0 aromatic carbocycles. The summed E-state index contributed by atoms with van der Waals surface area (Å²) in [6, 6.07) is 3.82. The number of carbonyl (C=O) groups is 2. The third-order valence-corrected chi connectivity index (χ3v) is 5.16. The minimum absolute atomic E-state index is 0.186. The van der Waals surface area contributed by atoms with Gasteiger partial charge in [-0.1, -0.05) is 18.9 Å². The van der Waals surface area contributed by atoms with Crippen LogP contribution in [0.2, 0.25) is 0 Å². The Labute approximate surface area is 162 Å². The van der Waals surface area contributed by atoms with Gasteiger partial charge in [-0.05, 0) is 24.5 Å². The minimum Gasteiger partial charge on any atom is -0.357 e. The highest BCUT2D eigenvalue weighted by molar-refractivity contribution is 5.89. The summed E-state index contributed by atoms with van der Waals surface area (Å²) in [5.74, 6) is -0.879. The quantitative estimate of drug-likeness (QED) is 0.828. The second-order valence-electron chi connectivity index (χ2n) is 7.43. The first kappa shape index (κ1) is 20.4. The molecular formula is C19H25F3N4O2. The van der Waals surface area contributed by atoms with Gasteiger partial charge in [0, 0.05) is 38.8 Å². The molecule has 1 aromatic heterocycles. The molecule has 28 heavy (non-hydrogen) atoms. The first-order chi connectivity index (χ1) is 13.3. The molecule has 2 saturated heterocycles. The van der Waals surface area contributed by atoms with E-state index in [1.165, 1.54) is 12.8 Å². The van der Waals surface area contributed by atoms with Crippen LogP contribution in [0.3, 0.4) is 0 Å². The second kappa shape index (κ2) is 8.79. The molecular weight excluding hydrogens is 373 g/mol. The van der Waals surface area contributed by atoms with Gasteiger partial charge in [0.05, 0.1) is 5.92 Å². The number of alkyl halides is 3. The van der Waals surface area contributed by atoms with Crippen LogP contribution in [0.1, 0.15) is 37.7 Å². The van der Waals surface area contributed by atoms with Crippen molar-refractivity contribution < 1.29 is 22.8 Å². The van der Waals surface area contributed by atoms with Crippen molar-refractivity contribution in [3.63, 3.8) is 0 Å². The molecule has 0 spiro atoms. The number of amides is 2. The average Bonchev–Trinajstić information content (AvgIpc) is 2.86. The Kier molecular flexibility index (Phi) is 6.41. The van der Waals surface area contributed by atoms with Crippen molar-refractivity contribution in [1.82, 2.24) is 15.2 Å². The third kappa shape index (κ3) is 5.59. The molecule has 1 atom stereocenters. The molecule has 0 radical (unpaired) electrons. The van der Waals surface area contributed by atoms with Gasteiger partial charge in [-0.25, -0.2) is 4.98 Å². The summed E-state index contributed by atoms with van der Waals surface area (Å²) in [5.41, 5.74) is 0.809. The van der Waals surface area contributed by atoms with E-state index in [-0.39, 0.29) is 19.5 Å².